The van der Waals surface area contributed by atoms with Crippen molar-refractivity contribution in [2.24, 2.45) is 11.3 Å². The lowest BCUT2D eigenvalue weighted by atomic mass is 9.67. The maximum Gasteiger partial charge on any atom is 0.232 e. The quantitative estimate of drug-likeness (QED) is 0.825. The van der Waals surface area contributed by atoms with Crippen molar-refractivity contribution in [3.63, 3.8) is 0 Å². The molecule has 0 bridgehead atoms. The number of benzene rings is 1. The molecule has 4 rings (SSSR count). The molecule has 3 fully saturated rings. The first-order valence-corrected chi connectivity index (χ1v) is 9.65. The van der Waals surface area contributed by atoms with E-state index in [4.69, 9.17) is 4.74 Å². The lowest BCUT2D eigenvalue weighted by Crippen LogP contribution is -2.44. The summed E-state index contributed by atoms with van der Waals surface area (Å²) in [5, 5.41) is 6.53. The normalized spacial score (nSPS) is 27.1. The van der Waals surface area contributed by atoms with Crippen molar-refractivity contribution in [2.75, 3.05) is 37.0 Å². The Morgan fingerprint density at radius 2 is 2.19 bits per heavy atom. The number of carbonyl (C=O) groups is 2. The van der Waals surface area contributed by atoms with E-state index in [1.54, 1.807) is 12.0 Å². The third kappa shape index (κ3) is 3.52. The Morgan fingerprint density at radius 1 is 1.33 bits per heavy atom. The first-order chi connectivity index (χ1) is 12.6. The van der Waals surface area contributed by atoms with Gasteiger partial charge in [0.05, 0.1) is 18.2 Å². The van der Waals surface area contributed by atoms with Crippen LogP contribution in [0.1, 0.15) is 38.5 Å². The number of fused-ring (bicyclic) bond motifs is 1. The molecule has 2 N–H and O–H groups in total. The van der Waals surface area contributed by atoms with Gasteiger partial charge in [-0.15, -0.1) is 12.4 Å². The molecule has 1 aliphatic carbocycles. The molecule has 1 saturated carbocycles. The second-order valence-corrected chi connectivity index (χ2v) is 7.72. The largest absolute Gasteiger partial charge is 0.494 e. The number of methoxy groups -OCH3 is 1. The fourth-order valence-electron chi connectivity index (χ4n) is 4.83. The van der Waals surface area contributed by atoms with E-state index in [0.29, 0.717) is 18.1 Å². The zero-order valence-electron chi connectivity index (χ0n) is 15.8. The highest BCUT2D eigenvalue weighted by atomic mass is 35.5. The van der Waals surface area contributed by atoms with E-state index in [1.807, 2.05) is 18.2 Å². The molecule has 3 aliphatic rings. The predicted octanol–water partition coefficient (Wildman–Crippen LogP) is 2.96. The summed E-state index contributed by atoms with van der Waals surface area (Å²) in [6.07, 6.45) is 5.86. The number of amides is 2. The van der Waals surface area contributed by atoms with Crippen molar-refractivity contribution < 1.29 is 14.3 Å². The van der Waals surface area contributed by atoms with Crippen molar-refractivity contribution in [3.05, 3.63) is 18.2 Å². The molecule has 2 heterocycles. The van der Waals surface area contributed by atoms with Crippen LogP contribution in [-0.2, 0) is 9.59 Å². The number of hydrogen-bond acceptors (Lipinski definition) is 4. The average Bonchev–Trinajstić information content (AvgIpc) is 3.28. The van der Waals surface area contributed by atoms with Gasteiger partial charge >= 0.3 is 0 Å². The third-order valence-corrected chi connectivity index (χ3v) is 6.29. The van der Waals surface area contributed by atoms with Gasteiger partial charge in [0.2, 0.25) is 11.8 Å². The highest BCUT2D eigenvalue weighted by molar-refractivity contribution is 5.99. The maximum atomic E-state index is 13.1. The molecular weight excluding hydrogens is 366 g/mol. The van der Waals surface area contributed by atoms with Gasteiger partial charge in [-0.05, 0) is 43.9 Å². The van der Waals surface area contributed by atoms with Crippen LogP contribution in [0.2, 0.25) is 0 Å². The molecule has 2 amide bonds. The Labute approximate surface area is 166 Å². The molecule has 2 saturated heterocycles. The molecule has 0 aromatic heterocycles. The molecule has 7 heteroatoms. The molecule has 148 valence electrons. The number of halogens is 1. The minimum absolute atomic E-state index is 0. The fourth-order valence-corrected chi connectivity index (χ4v) is 4.83. The Morgan fingerprint density at radius 3 is 2.93 bits per heavy atom. The number of rotatable bonds is 4. The van der Waals surface area contributed by atoms with Gasteiger partial charge in [0, 0.05) is 31.3 Å². The van der Waals surface area contributed by atoms with Crippen LogP contribution in [0.25, 0.3) is 0 Å². The van der Waals surface area contributed by atoms with Crippen LogP contribution in [0.5, 0.6) is 5.75 Å². The summed E-state index contributed by atoms with van der Waals surface area (Å²) < 4.78 is 5.50. The molecule has 2 aliphatic heterocycles. The van der Waals surface area contributed by atoms with Crippen molar-refractivity contribution in [1.82, 2.24) is 5.32 Å². The molecule has 6 nitrogen and oxygen atoms in total. The summed E-state index contributed by atoms with van der Waals surface area (Å²) in [6, 6.07) is 5.58. The topological polar surface area (TPSA) is 70.7 Å². The van der Waals surface area contributed by atoms with Crippen LogP contribution in [0.3, 0.4) is 0 Å². The minimum atomic E-state index is -0.283. The molecular formula is C20H28ClN3O3. The number of ether oxygens (including phenoxy) is 1. The van der Waals surface area contributed by atoms with E-state index in [9.17, 15) is 9.59 Å². The van der Waals surface area contributed by atoms with Crippen molar-refractivity contribution in [2.45, 2.75) is 38.5 Å². The zero-order valence-corrected chi connectivity index (χ0v) is 16.6. The number of nitrogens with zero attached hydrogens (tertiary/aromatic N) is 1. The summed E-state index contributed by atoms with van der Waals surface area (Å²) in [5.74, 6) is 1.29. The van der Waals surface area contributed by atoms with E-state index in [-0.39, 0.29) is 29.6 Å². The number of hydrogen-bond donors (Lipinski definition) is 2. The average molecular weight is 394 g/mol. The van der Waals surface area contributed by atoms with E-state index in [1.165, 1.54) is 6.42 Å². The predicted molar refractivity (Wildman–Crippen MR) is 108 cm³/mol. The summed E-state index contributed by atoms with van der Waals surface area (Å²) >= 11 is 0. The molecule has 0 spiro atoms. The smallest absolute Gasteiger partial charge is 0.232 e. The van der Waals surface area contributed by atoms with Crippen LogP contribution in [0.4, 0.5) is 11.4 Å². The molecule has 0 radical (unpaired) electrons. The lowest BCUT2D eigenvalue weighted by molar-refractivity contribution is -0.128. The summed E-state index contributed by atoms with van der Waals surface area (Å²) in [6.45, 7) is 2.42. The monoisotopic (exact) mass is 393 g/mol. The van der Waals surface area contributed by atoms with E-state index in [2.05, 4.69) is 10.6 Å². The maximum absolute atomic E-state index is 13.1. The Kier molecular flexibility index (Phi) is 5.96. The van der Waals surface area contributed by atoms with Crippen molar-refractivity contribution in [1.29, 1.82) is 0 Å². The highest BCUT2D eigenvalue weighted by Gasteiger charge is 2.49. The molecule has 2 atom stereocenters. The van der Waals surface area contributed by atoms with Gasteiger partial charge in [0.15, 0.2) is 0 Å². The summed E-state index contributed by atoms with van der Waals surface area (Å²) in [7, 11) is 1.60. The molecule has 1 aromatic rings. The van der Waals surface area contributed by atoms with Crippen LogP contribution in [0, 0.1) is 11.3 Å². The first-order valence-electron chi connectivity index (χ1n) is 9.65. The van der Waals surface area contributed by atoms with Crippen LogP contribution in [0.15, 0.2) is 18.2 Å². The Balaban J connectivity index is 0.00000210. The zero-order chi connectivity index (χ0) is 18.1. The van der Waals surface area contributed by atoms with E-state index < -0.39 is 0 Å². The van der Waals surface area contributed by atoms with Gasteiger partial charge in [0.1, 0.15) is 5.75 Å². The number of carbonyl (C=O) groups excluding carboxylic acids is 2. The van der Waals surface area contributed by atoms with E-state index in [0.717, 1.165) is 56.7 Å². The SMILES string of the molecule is COc1cc(NC(=O)[C@@]23CCCC[C@H]2CNC3)ccc1N1CCCC1=O.Cl. The van der Waals surface area contributed by atoms with Crippen LogP contribution < -0.4 is 20.3 Å². The van der Waals surface area contributed by atoms with Gasteiger partial charge in [-0.3, -0.25) is 9.59 Å². The van der Waals surface area contributed by atoms with Gasteiger partial charge in [-0.2, -0.15) is 0 Å². The second kappa shape index (κ2) is 8.07. The van der Waals surface area contributed by atoms with Crippen LogP contribution >= 0.6 is 12.4 Å². The first kappa shape index (κ1) is 20.0. The molecule has 0 unspecified atom stereocenters. The summed E-state index contributed by atoms with van der Waals surface area (Å²) in [4.78, 5) is 26.9. The van der Waals surface area contributed by atoms with Crippen molar-refractivity contribution in [3.8, 4) is 5.75 Å². The molecule has 27 heavy (non-hydrogen) atoms. The lowest BCUT2D eigenvalue weighted by Gasteiger charge is -2.37. The van der Waals surface area contributed by atoms with Gasteiger partial charge in [-0.1, -0.05) is 12.8 Å². The fraction of sp³-hybridized carbons (Fsp3) is 0.600. The summed E-state index contributed by atoms with van der Waals surface area (Å²) in [5.41, 5.74) is 1.23. The number of nitrogens with one attached hydrogen (secondary N) is 2. The minimum Gasteiger partial charge on any atom is -0.494 e. The Bertz CT molecular complexity index is 726. The molecule has 1 aromatic carbocycles. The van der Waals surface area contributed by atoms with E-state index >= 15 is 0 Å². The van der Waals surface area contributed by atoms with Gasteiger partial charge < -0.3 is 20.3 Å². The second-order valence-electron chi connectivity index (χ2n) is 7.72. The Hall–Kier alpha value is -1.79. The van der Waals surface area contributed by atoms with Crippen LogP contribution in [-0.4, -0.2) is 38.6 Å². The highest BCUT2D eigenvalue weighted by Crippen LogP contribution is 2.45. The van der Waals surface area contributed by atoms with Crippen molar-refractivity contribution >= 4 is 35.6 Å². The van der Waals surface area contributed by atoms with Gasteiger partial charge in [-0.25, -0.2) is 0 Å². The number of anilines is 2. The standard InChI is InChI=1S/C20H27N3O3.ClH/c1-26-17-11-15(7-8-16(17)23-10-4-6-18(23)24)22-19(25)20-9-3-2-5-14(20)12-21-13-20;/h7-8,11,14,21H,2-6,9-10,12-13H2,1H3,(H,22,25);1H/t14-,20+;/m0./s1. The third-order valence-electron chi connectivity index (χ3n) is 6.29. The van der Waals surface area contributed by atoms with Gasteiger partial charge in [0.25, 0.3) is 0 Å².